The molecule has 170 valence electrons. The molecular weight excluding hydrogens is 408 g/mol. The van der Waals surface area contributed by atoms with Crippen LogP contribution in [0.5, 0.6) is 0 Å². The fourth-order valence-corrected chi connectivity index (χ4v) is 5.03. The molecule has 9 heteroatoms. The molecule has 0 saturated carbocycles. The molecule has 0 bridgehead atoms. The van der Waals surface area contributed by atoms with Gasteiger partial charge in [0.2, 0.25) is 11.8 Å². The lowest BCUT2D eigenvalue weighted by atomic mass is 9.82. The molecule has 4 atom stereocenters. The third kappa shape index (κ3) is 4.73. The third-order valence-electron chi connectivity index (χ3n) is 6.32. The van der Waals surface area contributed by atoms with Crippen molar-refractivity contribution in [2.75, 3.05) is 45.9 Å². The Kier molecular flexibility index (Phi) is 6.27. The van der Waals surface area contributed by atoms with Gasteiger partial charge >= 0.3 is 0 Å². The molecule has 1 aromatic rings. The van der Waals surface area contributed by atoms with Crippen molar-refractivity contribution >= 4 is 11.8 Å². The van der Waals surface area contributed by atoms with Crippen LogP contribution in [0.3, 0.4) is 0 Å². The van der Waals surface area contributed by atoms with E-state index < -0.39 is 23.1 Å². The van der Waals surface area contributed by atoms with Crippen molar-refractivity contribution in [3.63, 3.8) is 0 Å². The van der Waals surface area contributed by atoms with Crippen molar-refractivity contribution in [1.29, 1.82) is 0 Å². The Morgan fingerprint density at radius 1 is 1.19 bits per heavy atom. The largest absolute Gasteiger partial charge is 0.378 e. The normalized spacial score (nSPS) is 32.2. The number of carbonyl (C=O) groups is 2. The van der Waals surface area contributed by atoms with Gasteiger partial charge in [-0.1, -0.05) is 6.07 Å². The smallest absolute Gasteiger partial charge is 0.236 e. The molecule has 3 fully saturated rings. The van der Waals surface area contributed by atoms with Crippen LogP contribution in [-0.2, 0) is 19.1 Å². The Bertz CT molecular complexity index is 844. The van der Waals surface area contributed by atoms with Gasteiger partial charge in [-0.15, -0.1) is 0 Å². The molecule has 0 aromatic heterocycles. The first-order chi connectivity index (χ1) is 14.8. The zero-order valence-corrected chi connectivity index (χ0v) is 17.9. The summed E-state index contributed by atoms with van der Waals surface area (Å²) in [6.07, 6.45) is 0.320. The van der Waals surface area contributed by atoms with Gasteiger partial charge in [-0.3, -0.25) is 14.5 Å². The van der Waals surface area contributed by atoms with Gasteiger partial charge in [0.25, 0.3) is 0 Å². The molecule has 2 amide bonds. The van der Waals surface area contributed by atoms with E-state index in [1.807, 2.05) is 13.8 Å². The van der Waals surface area contributed by atoms with Gasteiger partial charge in [0, 0.05) is 38.5 Å². The van der Waals surface area contributed by atoms with Crippen LogP contribution in [-0.4, -0.2) is 85.3 Å². The van der Waals surface area contributed by atoms with Crippen molar-refractivity contribution in [2.24, 2.45) is 0 Å². The van der Waals surface area contributed by atoms with Gasteiger partial charge in [0.1, 0.15) is 0 Å². The van der Waals surface area contributed by atoms with E-state index in [0.717, 1.165) is 12.1 Å². The van der Waals surface area contributed by atoms with Crippen molar-refractivity contribution in [3.8, 4) is 0 Å². The van der Waals surface area contributed by atoms with Crippen LogP contribution in [0.25, 0.3) is 0 Å². The SMILES string of the molecule is C[C@@H]1CN(CC(=O)N2C[C@@H](c3ccc(F)c(F)c3)[C@@]3(COCCC(=O)N3)C2)C[C@@H](C)O1. The number of hydrogen-bond donors (Lipinski definition) is 1. The van der Waals surface area contributed by atoms with E-state index in [-0.39, 0.29) is 56.7 Å². The Morgan fingerprint density at radius 3 is 2.65 bits per heavy atom. The first-order valence-electron chi connectivity index (χ1n) is 10.7. The summed E-state index contributed by atoms with van der Waals surface area (Å²) in [5, 5.41) is 3.03. The van der Waals surface area contributed by atoms with E-state index in [0.29, 0.717) is 25.2 Å². The molecule has 1 aromatic carbocycles. The fraction of sp³-hybridized carbons (Fsp3) is 0.636. The van der Waals surface area contributed by atoms with Gasteiger partial charge in [0.05, 0.1) is 37.5 Å². The molecule has 0 radical (unpaired) electrons. The minimum atomic E-state index is -0.949. The highest BCUT2D eigenvalue weighted by Crippen LogP contribution is 2.38. The summed E-state index contributed by atoms with van der Waals surface area (Å²) in [5.41, 5.74) is -0.340. The number of rotatable bonds is 3. The third-order valence-corrected chi connectivity index (χ3v) is 6.32. The van der Waals surface area contributed by atoms with Crippen LogP contribution < -0.4 is 5.32 Å². The minimum Gasteiger partial charge on any atom is -0.378 e. The number of benzene rings is 1. The van der Waals surface area contributed by atoms with E-state index >= 15 is 0 Å². The van der Waals surface area contributed by atoms with Gasteiger partial charge < -0.3 is 19.7 Å². The first kappa shape index (κ1) is 22.1. The summed E-state index contributed by atoms with van der Waals surface area (Å²) < 4.78 is 39.0. The van der Waals surface area contributed by atoms with E-state index in [1.165, 1.54) is 6.07 Å². The van der Waals surface area contributed by atoms with Gasteiger partial charge in [-0.05, 0) is 31.5 Å². The van der Waals surface area contributed by atoms with Gasteiger partial charge in [-0.2, -0.15) is 0 Å². The van der Waals surface area contributed by atoms with Crippen LogP contribution in [0.1, 0.15) is 31.7 Å². The molecule has 1 N–H and O–H groups in total. The maximum absolute atomic E-state index is 14.0. The van der Waals surface area contributed by atoms with Crippen LogP contribution in [0.4, 0.5) is 8.78 Å². The molecule has 3 saturated heterocycles. The van der Waals surface area contributed by atoms with Crippen molar-refractivity contribution in [2.45, 2.75) is 43.9 Å². The highest BCUT2D eigenvalue weighted by Gasteiger charge is 2.51. The number of halogens is 2. The predicted octanol–water partition coefficient (Wildman–Crippen LogP) is 1.28. The molecule has 31 heavy (non-hydrogen) atoms. The predicted molar refractivity (Wildman–Crippen MR) is 108 cm³/mol. The number of morpholine rings is 1. The summed E-state index contributed by atoms with van der Waals surface area (Å²) in [7, 11) is 0. The van der Waals surface area contributed by atoms with Gasteiger partial charge in [-0.25, -0.2) is 8.78 Å². The lowest BCUT2D eigenvalue weighted by Crippen LogP contribution is -2.56. The highest BCUT2D eigenvalue weighted by atomic mass is 19.2. The Morgan fingerprint density at radius 2 is 1.94 bits per heavy atom. The lowest BCUT2D eigenvalue weighted by Gasteiger charge is -2.36. The molecule has 0 aliphatic carbocycles. The zero-order chi connectivity index (χ0) is 22.2. The number of likely N-dealkylation sites (tertiary alicyclic amines) is 1. The molecule has 1 spiro atoms. The van der Waals surface area contributed by atoms with E-state index in [2.05, 4.69) is 10.2 Å². The van der Waals surface area contributed by atoms with E-state index in [4.69, 9.17) is 9.47 Å². The maximum Gasteiger partial charge on any atom is 0.236 e. The molecule has 3 aliphatic heterocycles. The second kappa shape index (κ2) is 8.80. The van der Waals surface area contributed by atoms with Gasteiger partial charge in [0.15, 0.2) is 11.6 Å². The number of nitrogens with zero attached hydrogens (tertiary/aromatic N) is 2. The summed E-state index contributed by atoms with van der Waals surface area (Å²) >= 11 is 0. The molecule has 3 aliphatic rings. The zero-order valence-electron chi connectivity index (χ0n) is 17.9. The molecule has 7 nitrogen and oxygen atoms in total. The Hall–Kier alpha value is -2.10. The maximum atomic E-state index is 14.0. The van der Waals surface area contributed by atoms with E-state index in [9.17, 15) is 18.4 Å². The number of hydrogen-bond acceptors (Lipinski definition) is 5. The Labute approximate surface area is 180 Å². The Balaban J connectivity index is 1.57. The monoisotopic (exact) mass is 437 g/mol. The van der Waals surface area contributed by atoms with E-state index in [1.54, 1.807) is 4.90 Å². The topological polar surface area (TPSA) is 71.1 Å². The molecule has 4 rings (SSSR count). The summed E-state index contributed by atoms with van der Waals surface area (Å²) in [6, 6.07) is 3.75. The standard InChI is InChI=1S/C22H29F2N3O4/c1-14-8-26(9-15(2)31-14)11-21(29)27-10-17(16-3-4-18(23)19(24)7-16)22(12-27)13-30-6-5-20(28)25-22/h3-4,7,14-15,17H,5-6,8-13H2,1-2H3,(H,25,28)/t14-,15-,17+,22+/m1/s1. The molecule has 3 heterocycles. The van der Waals surface area contributed by atoms with Crippen molar-refractivity contribution < 1.29 is 27.8 Å². The van der Waals surface area contributed by atoms with Crippen LogP contribution in [0.2, 0.25) is 0 Å². The van der Waals surface area contributed by atoms with Crippen LogP contribution in [0, 0.1) is 11.6 Å². The average Bonchev–Trinajstić information content (AvgIpc) is 2.95. The average molecular weight is 437 g/mol. The fourth-order valence-electron chi connectivity index (χ4n) is 5.03. The first-order valence-corrected chi connectivity index (χ1v) is 10.7. The highest BCUT2D eigenvalue weighted by molar-refractivity contribution is 5.81. The summed E-state index contributed by atoms with van der Waals surface area (Å²) in [6.45, 7) is 6.59. The van der Waals surface area contributed by atoms with Crippen molar-refractivity contribution in [3.05, 3.63) is 35.4 Å². The second-order valence-electron chi connectivity index (χ2n) is 8.96. The van der Waals surface area contributed by atoms with Crippen LogP contribution >= 0.6 is 0 Å². The molecule has 0 unspecified atom stereocenters. The van der Waals surface area contributed by atoms with Crippen LogP contribution in [0.15, 0.2) is 18.2 Å². The lowest BCUT2D eigenvalue weighted by molar-refractivity contribution is -0.135. The van der Waals surface area contributed by atoms with Crippen molar-refractivity contribution in [1.82, 2.24) is 15.1 Å². The summed E-state index contributed by atoms with van der Waals surface area (Å²) in [5.74, 6) is -2.52. The number of ether oxygens (including phenoxy) is 2. The molecular formula is C22H29F2N3O4. The summed E-state index contributed by atoms with van der Waals surface area (Å²) in [4.78, 5) is 29.3. The number of amides is 2. The number of nitrogens with one attached hydrogen (secondary N) is 1. The minimum absolute atomic E-state index is 0.0472. The number of carbonyl (C=O) groups excluding carboxylic acids is 2. The quantitative estimate of drug-likeness (QED) is 0.772. The second-order valence-corrected chi connectivity index (χ2v) is 8.96.